The van der Waals surface area contributed by atoms with Gasteiger partial charge in [-0.15, -0.1) is 0 Å². The molecule has 9 nitrogen and oxygen atoms in total. The van der Waals surface area contributed by atoms with Crippen molar-refractivity contribution < 1.29 is 23.6 Å². The second-order valence-electron chi connectivity index (χ2n) is 8.69. The van der Waals surface area contributed by atoms with E-state index in [-0.39, 0.29) is 17.7 Å². The van der Waals surface area contributed by atoms with Gasteiger partial charge in [0.15, 0.2) is 0 Å². The van der Waals surface area contributed by atoms with Crippen molar-refractivity contribution in [2.45, 2.75) is 25.3 Å². The predicted molar refractivity (Wildman–Crippen MR) is 133 cm³/mol. The molecule has 36 heavy (non-hydrogen) atoms. The number of allylic oxidation sites excluding steroid dienone is 1. The minimum Gasteiger partial charge on any atom is -0.497 e. The fourth-order valence-corrected chi connectivity index (χ4v) is 4.86. The molecule has 0 unspecified atom stereocenters. The lowest BCUT2D eigenvalue weighted by atomic mass is 9.77. The summed E-state index contributed by atoms with van der Waals surface area (Å²) in [4.78, 5) is 23.9. The highest BCUT2D eigenvalue weighted by atomic mass is 16.6. The molecule has 0 spiro atoms. The van der Waals surface area contributed by atoms with E-state index in [4.69, 9.17) is 19.0 Å². The highest BCUT2D eigenvalue weighted by Crippen LogP contribution is 2.45. The van der Waals surface area contributed by atoms with Crippen LogP contribution in [0.3, 0.4) is 0 Å². The third kappa shape index (κ3) is 4.35. The lowest BCUT2D eigenvalue weighted by Gasteiger charge is -2.29. The molecule has 1 aromatic heterocycles. The summed E-state index contributed by atoms with van der Waals surface area (Å²) in [5, 5.41) is 17.3. The molecule has 1 aliphatic carbocycles. The Morgan fingerprint density at radius 2 is 1.72 bits per heavy atom. The van der Waals surface area contributed by atoms with Gasteiger partial charge in [-0.1, -0.05) is 24.3 Å². The molecule has 0 saturated heterocycles. The first-order chi connectivity index (χ1) is 17.5. The Balaban J connectivity index is 1.55. The van der Waals surface area contributed by atoms with Crippen LogP contribution < -0.4 is 9.47 Å². The van der Waals surface area contributed by atoms with E-state index in [9.17, 15) is 14.9 Å². The number of ether oxygens (including phenoxy) is 2. The van der Waals surface area contributed by atoms with Gasteiger partial charge in [-0.05, 0) is 72.4 Å². The van der Waals surface area contributed by atoms with Crippen LogP contribution in [0, 0.1) is 16.0 Å². The monoisotopic (exact) mass is 487 g/mol. The summed E-state index contributed by atoms with van der Waals surface area (Å²) in [5.41, 5.74) is 3.84. The molecule has 9 heteroatoms. The number of amides is 1. The van der Waals surface area contributed by atoms with Crippen LogP contribution >= 0.6 is 0 Å². The molecule has 1 saturated carbocycles. The standard InChI is InChI=1S/C27H25N3O6/c1-34-20-10-6-17(7-11-20)16-19-4-3-5-22-25(19)28-29(26(22)18-8-12-21(35-2)13-9-18)27(31)23-14-15-24(36-23)30(32)33/h6-16,22,26H,3-5H2,1-2H3/b19-16+/t22-,26-/m0/s1. The summed E-state index contributed by atoms with van der Waals surface area (Å²) in [6, 6.07) is 17.5. The predicted octanol–water partition coefficient (Wildman–Crippen LogP) is 5.64. The Bertz CT molecular complexity index is 1340. The zero-order chi connectivity index (χ0) is 25.2. The number of rotatable bonds is 6. The molecule has 2 heterocycles. The van der Waals surface area contributed by atoms with E-state index in [1.807, 2.05) is 48.5 Å². The van der Waals surface area contributed by atoms with Crippen LogP contribution in [0.2, 0.25) is 0 Å². The summed E-state index contributed by atoms with van der Waals surface area (Å²) in [5.74, 6) is 0.342. The first-order valence-corrected chi connectivity index (χ1v) is 11.6. The van der Waals surface area contributed by atoms with Crippen LogP contribution in [0.15, 0.2) is 75.8 Å². The highest BCUT2D eigenvalue weighted by molar-refractivity contribution is 6.09. The van der Waals surface area contributed by atoms with Crippen LogP contribution in [0.1, 0.15) is 47.0 Å². The summed E-state index contributed by atoms with van der Waals surface area (Å²) in [6.07, 6.45) is 4.75. The third-order valence-electron chi connectivity index (χ3n) is 6.61. The number of furan rings is 1. The zero-order valence-corrected chi connectivity index (χ0v) is 19.9. The number of carbonyl (C=O) groups excluding carboxylic acids is 1. The Kier molecular flexibility index (Phi) is 6.28. The lowest BCUT2D eigenvalue weighted by Crippen LogP contribution is -2.31. The minimum atomic E-state index is -0.664. The van der Waals surface area contributed by atoms with Crippen molar-refractivity contribution in [1.82, 2.24) is 5.01 Å². The van der Waals surface area contributed by atoms with Crippen LogP contribution in [-0.4, -0.2) is 35.8 Å². The number of hydrogen-bond acceptors (Lipinski definition) is 7. The second kappa shape index (κ2) is 9.69. The van der Waals surface area contributed by atoms with Gasteiger partial charge in [-0.2, -0.15) is 5.10 Å². The number of nitro groups is 1. The average Bonchev–Trinajstić information content (AvgIpc) is 3.55. The van der Waals surface area contributed by atoms with Crippen LogP contribution in [0.5, 0.6) is 11.5 Å². The smallest absolute Gasteiger partial charge is 0.433 e. The molecule has 5 rings (SSSR count). The Morgan fingerprint density at radius 3 is 2.33 bits per heavy atom. The molecular weight excluding hydrogens is 462 g/mol. The van der Waals surface area contributed by atoms with Gasteiger partial charge in [0.2, 0.25) is 5.76 Å². The third-order valence-corrected chi connectivity index (χ3v) is 6.61. The normalized spacial score (nSPS) is 20.1. The Morgan fingerprint density at radius 1 is 1.06 bits per heavy atom. The van der Waals surface area contributed by atoms with Crippen molar-refractivity contribution in [3.8, 4) is 11.5 Å². The number of hydrazone groups is 1. The maximum Gasteiger partial charge on any atom is 0.433 e. The average molecular weight is 488 g/mol. The van der Waals surface area contributed by atoms with E-state index in [1.165, 1.54) is 17.1 Å². The Hall–Kier alpha value is -4.40. The van der Waals surface area contributed by atoms with Crippen LogP contribution in [0.4, 0.5) is 5.88 Å². The number of methoxy groups -OCH3 is 2. The zero-order valence-electron chi connectivity index (χ0n) is 19.9. The molecule has 1 aliphatic heterocycles. The maximum absolute atomic E-state index is 13.5. The fourth-order valence-electron chi connectivity index (χ4n) is 4.86. The van der Waals surface area contributed by atoms with Gasteiger partial charge in [-0.3, -0.25) is 14.9 Å². The molecule has 0 bridgehead atoms. The van der Waals surface area contributed by atoms with Crippen molar-refractivity contribution in [3.63, 3.8) is 0 Å². The summed E-state index contributed by atoms with van der Waals surface area (Å²) in [6.45, 7) is 0. The number of carbonyl (C=O) groups is 1. The van der Waals surface area contributed by atoms with Crippen LogP contribution in [-0.2, 0) is 0 Å². The van der Waals surface area contributed by atoms with Gasteiger partial charge in [0.1, 0.15) is 16.4 Å². The molecule has 2 aromatic carbocycles. The maximum atomic E-state index is 13.5. The molecule has 2 aliphatic rings. The van der Waals surface area contributed by atoms with Crippen molar-refractivity contribution in [3.05, 3.63) is 93.2 Å². The fraction of sp³-hybridized carbons (Fsp3) is 0.259. The molecule has 0 radical (unpaired) electrons. The van der Waals surface area contributed by atoms with E-state index < -0.39 is 16.7 Å². The van der Waals surface area contributed by atoms with Crippen molar-refractivity contribution in [2.75, 3.05) is 14.2 Å². The molecule has 184 valence electrons. The first-order valence-electron chi connectivity index (χ1n) is 11.6. The highest BCUT2D eigenvalue weighted by Gasteiger charge is 2.44. The van der Waals surface area contributed by atoms with Gasteiger partial charge in [0.05, 0.1) is 32.0 Å². The van der Waals surface area contributed by atoms with E-state index in [0.717, 1.165) is 47.4 Å². The van der Waals surface area contributed by atoms with E-state index >= 15 is 0 Å². The molecule has 0 N–H and O–H groups in total. The van der Waals surface area contributed by atoms with Gasteiger partial charge in [0, 0.05) is 5.92 Å². The van der Waals surface area contributed by atoms with Gasteiger partial charge in [-0.25, -0.2) is 5.01 Å². The molecule has 2 atom stereocenters. The van der Waals surface area contributed by atoms with E-state index in [2.05, 4.69) is 6.08 Å². The van der Waals surface area contributed by atoms with Crippen molar-refractivity contribution in [2.24, 2.45) is 11.0 Å². The largest absolute Gasteiger partial charge is 0.497 e. The molecule has 1 fully saturated rings. The molecular formula is C27H25N3O6. The number of nitrogens with zero attached hydrogens (tertiary/aromatic N) is 3. The number of benzene rings is 2. The number of hydrogen-bond donors (Lipinski definition) is 0. The quantitative estimate of drug-likeness (QED) is 0.329. The van der Waals surface area contributed by atoms with Crippen molar-refractivity contribution in [1.29, 1.82) is 0 Å². The molecule has 1 amide bonds. The molecule has 3 aromatic rings. The summed E-state index contributed by atoms with van der Waals surface area (Å²) < 4.78 is 15.8. The van der Waals surface area contributed by atoms with Crippen molar-refractivity contribution >= 4 is 23.6 Å². The van der Waals surface area contributed by atoms with E-state index in [0.29, 0.717) is 5.75 Å². The van der Waals surface area contributed by atoms with Crippen LogP contribution in [0.25, 0.3) is 6.08 Å². The Labute approximate surface area is 207 Å². The number of fused-ring (bicyclic) bond motifs is 1. The lowest BCUT2D eigenvalue weighted by molar-refractivity contribution is -0.402. The van der Waals surface area contributed by atoms with Gasteiger partial charge >= 0.3 is 11.8 Å². The SMILES string of the molecule is COc1ccc(/C=C2\CCC[C@H]3C2=NN(C(=O)c2ccc([N+](=O)[O-])o2)[C@H]3c2ccc(OC)cc2)cc1. The van der Waals surface area contributed by atoms with Gasteiger partial charge < -0.3 is 13.9 Å². The van der Waals surface area contributed by atoms with Gasteiger partial charge in [0.25, 0.3) is 0 Å². The second-order valence-corrected chi connectivity index (χ2v) is 8.69. The summed E-state index contributed by atoms with van der Waals surface area (Å²) in [7, 11) is 3.23. The van der Waals surface area contributed by atoms with E-state index in [1.54, 1.807) is 14.2 Å². The topological polar surface area (TPSA) is 107 Å². The first kappa shape index (κ1) is 23.3. The minimum absolute atomic E-state index is 0.0226. The summed E-state index contributed by atoms with van der Waals surface area (Å²) >= 11 is 0.